The molecule has 2 aromatic carbocycles. The molecule has 0 spiro atoms. The van der Waals surface area contributed by atoms with Gasteiger partial charge in [0.1, 0.15) is 6.10 Å². The number of rotatable bonds is 8. The van der Waals surface area contributed by atoms with Gasteiger partial charge in [0.05, 0.1) is 11.8 Å². The Bertz CT molecular complexity index is 736. The molecule has 138 valence electrons. The lowest BCUT2D eigenvalue weighted by molar-refractivity contribution is 0.0315. The molecule has 0 aromatic heterocycles. The predicted molar refractivity (Wildman–Crippen MR) is 105 cm³/mol. The molecule has 5 heteroatoms. The first-order chi connectivity index (χ1) is 12.6. The molecule has 1 heterocycles. The van der Waals surface area contributed by atoms with Crippen LogP contribution in [0.3, 0.4) is 0 Å². The molecule has 2 atom stereocenters. The normalized spacial score (nSPS) is 17.8. The second kappa shape index (κ2) is 9.17. The quantitative estimate of drug-likeness (QED) is 0.758. The number of nitrogens with zero attached hydrogens (tertiary/aromatic N) is 2. The van der Waals surface area contributed by atoms with Gasteiger partial charge in [0.25, 0.3) is 0 Å². The number of benzene rings is 2. The van der Waals surface area contributed by atoms with Gasteiger partial charge in [-0.1, -0.05) is 66.1 Å². The van der Waals surface area contributed by atoms with Gasteiger partial charge in [-0.3, -0.25) is 4.90 Å². The summed E-state index contributed by atoms with van der Waals surface area (Å²) in [5.41, 5.74) is 3.21. The van der Waals surface area contributed by atoms with Gasteiger partial charge in [-0.15, -0.1) is 0 Å². The first-order valence-electron chi connectivity index (χ1n) is 9.07. The number of oxime groups is 1. The van der Waals surface area contributed by atoms with E-state index in [0.29, 0.717) is 13.1 Å². The van der Waals surface area contributed by atoms with E-state index >= 15 is 0 Å². The zero-order valence-corrected chi connectivity index (χ0v) is 15.8. The van der Waals surface area contributed by atoms with Crippen LogP contribution in [0.2, 0.25) is 5.02 Å². The molecule has 3 rings (SSSR count). The van der Waals surface area contributed by atoms with Crippen molar-refractivity contribution in [3.63, 3.8) is 0 Å². The van der Waals surface area contributed by atoms with Crippen LogP contribution in [0.5, 0.6) is 0 Å². The van der Waals surface area contributed by atoms with Gasteiger partial charge >= 0.3 is 0 Å². The van der Waals surface area contributed by atoms with Crippen molar-refractivity contribution in [1.82, 2.24) is 4.90 Å². The first-order valence-corrected chi connectivity index (χ1v) is 9.44. The summed E-state index contributed by atoms with van der Waals surface area (Å²) in [6.07, 6.45) is 1.14. The molecule has 1 aliphatic heterocycles. The van der Waals surface area contributed by atoms with E-state index in [2.05, 4.69) is 28.3 Å². The molecule has 4 nitrogen and oxygen atoms in total. The van der Waals surface area contributed by atoms with Crippen molar-refractivity contribution in [2.75, 3.05) is 13.1 Å². The maximum atomic E-state index is 10.1. The number of halogens is 1. The van der Waals surface area contributed by atoms with Crippen molar-refractivity contribution in [3.8, 4) is 0 Å². The van der Waals surface area contributed by atoms with Crippen molar-refractivity contribution in [3.05, 3.63) is 70.7 Å². The number of aliphatic hydroxyl groups is 1. The fourth-order valence-electron chi connectivity index (χ4n) is 3.14. The van der Waals surface area contributed by atoms with E-state index in [1.807, 2.05) is 43.3 Å². The predicted octanol–water partition coefficient (Wildman–Crippen LogP) is 4.11. The highest BCUT2D eigenvalue weighted by atomic mass is 35.5. The number of hydrogen-bond acceptors (Lipinski definition) is 4. The molecule has 0 saturated carbocycles. The van der Waals surface area contributed by atoms with Gasteiger partial charge in [0, 0.05) is 31.1 Å². The zero-order valence-electron chi connectivity index (χ0n) is 15.0. The molecule has 1 aliphatic rings. The standard InChI is InChI=1S/C21H25ClN2O2/c1-2-19(25)14-24(13-16-7-6-10-18(22)11-16)15-20-12-21(23-26-20)17-8-4-3-5-9-17/h3-11,19-20,25H,2,12-15H2,1H3/t19-,20-/m1/s1. The summed E-state index contributed by atoms with van der Waals surface area (Å²) in [7, 11) is 0. The highest BCUT2D eigenvalue weighted by Gasteiger charge is 2.25. The van der Waals surface area contributed by atoms with Crippen LogP contribution in [-0.2, 0) is 11.4 Å². The third kappa shape index (κ3) is 5.31. The largest absolute Gasteiger partial charge is 0.392 e. The van der Waals surface area contributed by atoms with E-state index in [1.165, 1.54) is 0 Å². The van der Waals surface area contributed by atoms with Crippen molar-refractivity contribution < 1.29 is 9.94 Å². The summed E-state index contributed by atoms with van der Waals surface area (Å²) in [4.78, 5) is 7.88. The summed E-state index contributed by atoms with van der Waals surface area (Å²) < 4.78 is 0. The van der Waals surface area contributed by atoms with Crippen molar-refractivity contribution >= 4 is 17.3 Å². The van der Waals surface area contributed by atoms with Crippen LogP contribution in [0.15, 0.2) is 59.8 Å². The molecule has 26 heavy (non-hydrogen) atoms. The summed E-state index contributed by atoms with van der Waals surface area (Å²) >= 11 is 6.11. The Labute approximate surface area is 160 Å². The fraction of sp³-hybridized carbons (Fsp3) is 0.381. The Balaban J connectivity index is 1.63. The van der Waals surface area contributed by atoms with Crippen LogP contribution < -0.4 is 0 Å². The Morgan fingerprint density at radius 3 is 2.77 bits per heavy atom. The molecule has 2 aromatic rings. The maximum absolute atomic E-state index is 10.1. The fourth-order valence-corrected chi connectivity index (χ4v) is 3.35. The van der Waals surface area contributed by atoms with Gasteiger partial charge in [-0.25, -0.2) is 0 Å². The van der Waals surface area contributed by atoms with E-state index < -0.39 is 0 Å². The molecule has 0 amide bonds. The highest BCUT2D eigenvalue weighted by Crippen LogP contribution is 2.19. The minimum atomic E-state index is -0.356. The Kier molecular flexibility index (Phi) is 6.67. The third-order valence-electron chi connectivity index (χ3n) is 4.54. The number of aliphatic hydroxyl groups excluding tert-OH is 1. The topological polar surface area (TPSA) is 45.1 Å². The zero-order chi connectivity index (χ0) is 18.4. The summed E-state index contributed by atoms with van der Waals surface area (Å²) in [6.45, 7) is 4.02. The second-order valence-electron chi connectivity index (χ2n) is 6.72. The molecule has 0 saturated heterocycles. The van der Waals surface area contributed by atoms with E-state index in [1.54, 1.807) is 0 Å². The molecule has 0 aliphatic carbocycles. The van der Waals surface area contributed by atoms with Crippen LogP contribution in [-0.4, -0.2) is 41.0 Å². The second-order valence-corrected chi connectivity index (χ2v) is 7.16. The Morgan fingerprint density at radius 2 is 2.04 bits per heavy atom. The maximum Gasteiger partial charge on any atom is 0.145 e. The van der Waals surface area contributed by atoms with Gasteiger partial charge in [-0.2, -0.15) is 0 Å². The van der Waals surface area contributed by atoms with Crippen molar-refractivity contribution in [1.29, 1.82) is 0 Å². The minimum Gasteiger partial charge on any atom is -0.392 e. The van der Waals surface area contributed by atoms with E-state index in [-0.39, 0.29) is 12.2 Å². The average Bonchev–Trinajstić information content (AvgIpc) is 3.11. The van der Waals surface area contributed by atoms with E-state index in [4.69, 9.17) is 16.4 Å². The molecule has 0 bridgehead atoms. The van der Waals surface area contributed by atoms with Gasteiger partial charge in [-0.05, 0) is 29.7 Å². The molecular formula is C21H25ClN2O2. The smallest absolute Gasteiger partial charge is 0.145 e. The lowest BCUT2D eigenvalue weighted by atomic mass is 10.0. The number of hydrogen-bond donors (Lipinski definition) is 1. The highest BCUT2D eigenvalue weighted by molar-refractivity contribution is 6.30. The van der Waals surface area contributed by atoms with Crippen molar-refractivity contribution in [2.45, 2.75) is 38.5 Å². The van der Waals surface area contributed by atoms with E-state index in [0.717, 1.165) is 41.2 Å². The lowest BCUT2D eigenvalue weighted by Crippen LogP contribution is -2.37. The first kappa shape index (κ1) is 18.9. The molecule has 0 radical (unpaired) electrons. The average molecular weight is 373 g/mol. The van der Waals surface area contributed by atoms with Crippen molar-refractivity contribution in [2.24, 2.45) is 5.16 Å². The minimum absolute atomic E-state index is 0.00607. The Hall–Kier alpha value is -1.88. The van der Waals surface area contributed by atoms with Gasteiger partial charge < -0.3 is 9.94 Å². The van der Waals surface area contributed by atoms with Crippen LogP contribution in [0.4, 0.5) is 0 Å². The summed E-state index contributed by atoms with van der Waals surface area (Å²) in [6, 6.07) is 18.0. The van der Waals surface area contributed by atoms with Gasteiger partial charge in [0.2, 0.25) is 0 Å². The molecular weight excluding hydrogens is 348 g/mol. The van der Waals surface area contributed by atoms with Crippen LogP contribution in [0.25, 0.3) is 0 Å². The van der Waals surface area contributed by atoms with Crippen LogP contribution >= 0.6 is 11.6 Å². The summed E-state index contributed by atoms with van der Waals surface area (Å²) in [5.74, 6) is 0. The molecule has 1 N–H and O–H groups in total. The lowest BCUT2D eigenvalue weighted by Gasteiger charge is -2.26. The third-order valence-corrected chi connectivity index (χ3v) is 4.77. The monoisotopic (exact) mass is 372 g/mol. The molecule has 0 unspecified atom stereocenters. The summed E-state index contributed by atoms with van der Waals surface area (Å²) in [5, 5.41) is 15.1. The van der Waals surface area contributed by atoms with Gasteiger partial charge in [0.15, 0.2) is 0 Å². The van der Waals surface area contributed by atoms with E-state index in [9.17, 15) is 5.11 Å². The molecule has 0 fully saturated rings. The Morgan fingerprint density at radius 1 is 1.23 bits per heavy atom. The SMILES string of the molecule is CC[C@@H](O)CN(Cc1cccc(Cl)c1)C[C@H]1CC(c2ccccc2)=NO1. The van der Waals surface area contributed by atoms with Crippen LogP contribution in [0, 0.1) is 0 Å². The van der Waals surface area contributed by atoms with Crippen LogP contribution in [0.1, 0.15) is 30.9 Å².